The first-order valence-corrected chi connectivity index (χ1v) is 6.69. The number of rotatable bonds is 4. The van der Waals surface area contributed by atoms with E-state index in [2.05, 4.69) is 0 Å². The van der Waals surface area contributed by atoms with Gasteiger partial charge >= 0.3 is 0 Å². The van der Waals surface area contributed by atoms with Crippen LogP contribution in [0.1, 0.15) is 13.3 Å². The van der Waals surface area contributed by atoms with Crippen LogP contribution in [0, 0.1) is 0 Å². The molecule has 13 heavy (non-hydrogen) atoms. The van der Waals surface area contributed by atoms with Crippen molar-refractivity contribution in [1.29, 1.82) is 0 Å². The average Bonchev–Trinajstić information content (AvgIpc) is 2.04. The van der Waals surface area contributed by atoms with Crippen LogP contribution in [-0.4, -0.2) is 9.96 Å². The van der Waals surface area contributed by atoms with Gasteiger partial charge in [-0.15, -0.1) is 0 Å². The van der Waals surface area contributed by atoms with Gasteiger partial charge in [0, 0.05) is 11.2 Å². The van der Waals surface area contributed by atoms with Crippen molar-refractivity contribution in [3.63, 3.8) is 0 Å². The van der Waals surface area contributed by atoms with Gasteiger partial charge in [0.15, 0.2) is 8.77 Å². The van der Waals surface area contributed by atoms with Crippen LogP contribution >= 0.6 is 0 Å². The molecule has 0 saturated carbocycles. The van der Waals surface area contributed by atoms with E-state index in [9.17, 15) is 4.21 Å². The highest BCUT2D eigenvalue weighted by Crippen LogP contribution is 2.12. The average molecular weight is 216 g/mol. The topological polar surface area (TPSA) is 26.3 Å². The minimum absolute atomic E-state index is 0.428. The Kier molecular flexibility index (Phi) is 3.69. The quantitative estimate of drug-likeness (QED) is 0.771. The third kappa shape index (κ3) is 3.74. The van der Waals surface area contributed by atoms with E-state index in [1.54, 1.807) is 12.1 Å². The van der Waals surface area contributed by atoms with Crippen LogP contribution in [0.5, 0.6) is 5.75 Å². The number of benzene rings is 1. The first kappa shape index (κ1) is 10.5. The fraction of sp³-hybridized carbons (Fsp3) is 0.333. The summed E-state index contributed by atoms with van der Waals surface area (Å²) < 4.78 is 16.7. The molecule has 1 aromatic rings. The molecular formula is C9H12O2S2. The number of hydrogen-bond acceptors (Lipinski definition) is 3. The molecule has 0 bridgehead atoms. The molecule has 0 amide bonds. The van der Waals surface area contributed by atoms with Crippen LogP contribution < -0.4 is 4.18 Å². The van der Waals surface area contributed by atoms with Crippen molar-refractivity contribution in [3.8, 4) is 5.75 Å². The van der Waals surface area contributed by atoms with Gasteiger partial charge in [-0.2, -0.15) is 0 Å². The molecule has 72 valence electrons. The van der Waals surface area contributed by atoms with Gasteiger partial charge in [0.05, 0.1) is 5.75 Å². The lowest BCUT2D eigenvalue weighted by Gasteiger charge is -2.07. The van der Waals surface area contributed by atoms with Gasteiger partial charge < -0.3 is 4.18 Å². The van der Waals surface area contributed by atoms with Crippen molar-refractivity contribution in [3.05, 3.63) is 30.3 Å². The van der Waals surface area contributed by atoms with Gasteiger partial charge in [-0.3, -0.25) is 0 Å². The lowest BCUT2D eigenvalue weighted by atomic mass is 10.3. The molecule has 0 aliphatic heterocycles. The summed E-state index contributed by atoms with van der Waals surface area (Å²) in [5.41, 5.74) is 0. The second kappa shape index (κ2) is 4.58. The predicted octanol–water partition coefficient (Wildman–Crippen LogP) is 2.14. The highest BCUT2D eigenvalue weighted by molar-refractivity contribution is 8.30. The van der Waals surface area contributed by atoms with Crippen molar-refractivity contribution in [1.82, 2.24) is 0 Å². The summed E-state index contributed by atoms with van der Waals surface area (Å²) in [6, 6.07) is 9.03. The Morgan fingerprint density at radius 2 is 2.00 bits per heavy atom. The fourth-order valence-electron chi connectivity index (χ4n) is 0.914. The zero-order valence-electron chi connectivity index (χ0n) is 7.43. The molecule has 4 heteroatoms. The minimum Gasteiger partial charge on any atom is -0.401 e. The van der Waals surface area contributed by atoms with Crippen LogP contribution in [-0.2, 0) is 20.0 Å². The Labute approximate surface area is 83.8 Å². The van der Waals surface area contributed by atoms with Crippen LogP contribution in [0.15, 0.2) is 30.3 Å². The molecule has 1 rings (SSSR count). The van der Waals surface area contributed by atoms with Crippen molar-refractivity contribution >= 4 is 20.0 Å². The first-order valence-electron chi connectivity index (χ1n) is 4.11. The van der Waals surface area contributed by atoms with Crippen LogP contribution in [0.25, 0.3) is 0 Å². The summed E-state index contributed by atoms with van der Waals surface area (Å²) >= 11 is 4.83. The fourth-order valence-corrected chi connectivity index (χ4v) is 2.64. The van der Waals surface area contributed by atoms with Gasteiger partial charge in [-0.25, -0.2) is 4.21 Å². The summed E-state index contributed by atoms with van der Waals surface area (Å²) in [7, 11) is -2.55. The van der Waals surface area contributed by atoms with E-state index in [4.69, 9.17) is 15.4 Å². The minimum atomic E-state index is -2.55. The van der Waals surface area contributed by atoms with Crippen molar-refractivity contribution in [2.75, 3.05) is 5.75 Å². The largest absolute Gasteiger partial charge is 0.401 e. The zero-order chi connectivity index (χ0) is 9.73. The first-order chi connectivity index (χ1) is 6.14. The molecule has 2 nitrogen and oxygen atoms in total. The molecule has 1 aromatic carbocycles. The molecule has 0 aliphatic carbocycles. The predicted molar refractivity (Wildman–Crippen MR) is 57.7 cm³/mol. The molecular weight excluding hydrogens is 204 g/mol. The highest BCUT2D eigenvalue weighted by atomic mass is 32.8. The summed E-state index contributed by atoms with van der Waals surface area (Å²) in [5.74, 6) is 1.01. The standard InChI is InChI=1S/C9H12O2S2/c1-2-8-13(10,12)11-9-6-4-3-5-7-9/h3-7H,2,8H2,1H3. The smallest absolute Gasteiger partial charge is 0.185 e. The Hall–Kier alpha value is -0.610. The second-order valence-corrected chi connectivity index (χ2v) is 5.87. The molecule has 0 aromatic heterocycles. The van der Waals surface area contributed by atoms with E-state index in [0.29, 0.717) is 11.5 Å². The van der Waals surface area contributed by atoms with E-state index in [1.807, 2.05) is 25.1 Å². The lowest BCUT2D eigenvalue weighted by molar-refractivity contribution is 0.558. The molecule has 0 aliphatic rings. The SMILES string of the molecule is CCCS(=O)(=S)Oc1ccccc1. The zero-order valence-corrected chi connectivity index (χ0v) is 9.07. The van der Waals surface area contributed by atoms with E-state index >= 15 is 0 Å². The molecule has 0 saturated heterocycles. The molecule has 1 unspecified atom stereocenters. The van der Waals surface area contributed by atoms with Gasteiger partial charge in [-0.1, -0.05) is 25.1 Å². The number of hydrogen-bond donors (Lipinski definition) is 0. The Balaban J connectivity index is 2.70. The summed E-state index contributed by atoms with van der Waals surface area (Å²) in [6.45, 7) is 1.93. The van der Waals surface area contributed by atoms with Crippen LogP contribution in [0.3, 0.4) is 0 Å². The van der Waals surface area contributed by atoms with Crippen molar-refractivity contribution in [2.45, 2.75) is 13.3 Å². The monoisotopic (exact) mass is 216 g/mol. The van der Waals surface area contributed by atoms with Gasteiger partial charge in [0.2, 0.25) is 0 Å². The van der Waals surface area contributed by atoms with Crippen molar-refractivity contribution in [2.24, 2.45) is 0 Å². The van der Waals surface area contributed by atoms with Gasteiger partial charge in [0.25, 0.3) is 0 Å². The lowest BCUT2D eigenvalue weighted by Crippen LogP contribution is -2.11. The third-order valence-electron chi connectivity index (χ3n) is 1.42. The molecule has 0 fully saturated rings. The maximum atomic E-state index is 11.5. The molecule has 0 radical (unpaired) electrons. The van der Waals surface area contributed by atoms with E-state index in [1.165, 1.54) is 0 Å². The van der Waals surface area contributed by atoms with E-state index < -0.39 is 8.77 Å². The summed E-state index contributed by atoms with van der Waals surface area (Å²) in [5, 5.41) is 0. The van der Waals surface area contributed by atoms with E-state index in [-0.39, 0.29) is 0 Å². The third-order valence-corrected chi connectivity index (χ3v) is 3.48. The molecule has 0 heterocycles. The maximum Gasteiger partial charge on any atom is 0.185 e. The molecule has 1 atom stereocenters. The highest BCUT2D eigenvalue weighted by Gasteiger charge is 2.05. The Morgan fingerprint density at radius 1 is 1.38 bits per heavy atom. The van der Waals surface area contributed by atoms with E-state index in [0.717, 1.165) is 6.42 Å². The Morgan fingerprint density at radius 3 is 2.54 bits per heavy atom. The van der Waals surface area contributed by atoms with Gasteiger partial charge in [-0.05, 0) is 18.6 Å². The van der Waals surface area contributed by atoms with Gasteiger partial charge in [0.1, 0.15) is 5.75 Å². The number of para-hydroxylation sites is 1. The maximum absolute atomic E-state index is 11.5. The normalized spacial score (nSPS) is 14.8. The summed E-state index contributed by atoms with van der Waals surface area (Å²) in [4.78, 5) is 0. The molecule has 0 spiro atoms. The molecule has 0 N–H and O–H groups in total. The second-order valence-electron chi connectivity index (χ2n) is 2.66. The van der Waals surface area contributed by atoms with Crippen molar-refractivity contribution < 1.29 is 8.39 Å². The van der Waals surface area contributed by atoms with Crippen LogP contribution in [0.2, 0.25) is 0 Å². The Bertz CT molecular complexity index is 343. The van der Waals surface area contributed by atoms with Crippen LogP contribution in [0.4, 0.5) is 0 Å². The summed E-state index contributed by atoms with van der Waals surface area (Å²) in [6.07, 6.45) is 0.773.